The number of fused-ring (bicyclic) bond motifs is 1. The third-order valence-electron chi connectivity index (χ3n) is 4.78. The minimum atomic E-state index is -4.06. The van der Waals surface area contributed by atoms with Gasteiger partial charge in [-0.25, -0.2) is 5.01 Å². The number of amides is 1. The summed E-state index contributed by atoms with van der Waals surface area (Å²) in [5, 5.41) is 16.8. The molecule has 2 fully saturated rings. The molecule has 1 N–H and O–H groups in total. The Balaban J connectivity index is 0.00000196. The molecule has 3 rings (SSSR count). The predicted molar refractivity (Wildman–Crippen MR) is 90.4 cm³/mol. The average Bonchev–Trinajstić information content (AvgIpc) is 2.74. The summed E-state index contributed by atoms with van der Waals surface area (Å²) >= 11 is 0. The molecule has 28 heavy (non-hydrogen) atoms. The van der Waals surface area contributed by atoms with Crippen LogP contribution in [-0.4, -0.2) is 47.1 Å². The summed E-state index contributed by atoms with van der Waals surface area (Å²) in [4.78, 5) is 36.8. The Morgan fingerprint density at radius 3 is 2.36 bits per heavy atom. The van der Waals surface area contributed by atoms with Crippen molar-refractivity contribution >= 4 is 19.4 Å². The van der Waals surface area contributed by atoms with Crippen LogP contribution >= 0.6 is 7.52 Å². The topological polar surface area (TPSA) is 116 Å². The molecule has 2 aliphatic heterocycles. The number of hydrogen-bond acceptors (Lipinski definition) is 6. The van der Waals surface area contributed by atoms with Crippen molar-refractivity contribution in [1.82, 2.24) is 15.1 Å². The zero-order valence-electron chi connectivity index (χ0n) is 16.4. The summed E-state index contributed by atoms with van der Waals surface area (Å²) in [6.07, 6.45) is 1.72. The van der Waals surface area contributed by atoms with Gasteiger partial charge in [0.2, 0.25) is 0 Å². The van der Waals surface area contributed by atoms with E-state index in [1.807, 2.05) is 0 Å². The number of hydrazine groups is 1. The maximum atomic E-state index is 12.9. The number of rotatable bonds is 5. The minimum Gasteiger partial charge on any atom is -0.788 e. The third-order valence-corrected chi connectivity index (χ3v) is 6.27. The fourth-order valence-corrected chi connectivity index (χ4v) is 5.11. The second kappa shape index (κ2) is 11.6. The van der Waals surface area contributed by atoms with Gasteiger partial charge in [0, 0.05) is 19.3 Å². The largest absolute Gasteiger partial charge is 1.00 e. The van der Waals surface area contributed by atoms with Crippen LogP contribution in [0.1, 0.15) is 31.2 Å². The number of hydrogen-bond donors (Lipinski definition) is 1. The fourth-order valence-electron chi connectivity index (χ4n) is 3.61. The molecule has 0 aromatic heterocycles. The average molecular weight is 425 g/mol. The van der Waals surface area contributed by atoms with Gasteiger partial charge in [0.15, 0.2) is 0 Å². The Labute approximate surface area is 209 Å². The molecular formula is C17H22N3Na2O5P. The summed E-state index contributed by atoms with van der Waals surface area (Å²) in [5.74, 6) is -1.82. The van der Waals surface area contributed by atoms with Gasteiger partial charge in [-0.15, -0.1) is 0 Å². The van der Waals surface area contributed by atoms with Crippen LogP contribution in [-0.2, 0) is 20.3 Å². The molecule has 0 spiro atoms. The second-order valence-electron chi connectivity index (χ2n) is 6.75. The Kier molecular flexibility index (Phi) is 10.9. The maximum absolute atomic E-state index is 12.9. The smallest absolute Gasteiger partial charge is 0.788 e. The quantitative estimate of drug-likeness (QED) is 0.369. The number of carboxylic acids is 1. The number of benzene rings is 1. The van der Waals surface area contributed by atoms with E-state index in [4.69, 9.17) is 0 Å². The van der Waals surface area contributed by atoms with E-state index in [2.05, 4.69) is 5.09 Å². The molecule has 2 heterocycles. The van der Waals surface area contributed by atoms with Crippen molar-refractivity contribution in [2.24, 2.45) is 0 Å². The Hall–Kier alpha value is 0.270. The summed E-state index contributed by atoms with van der Waals surface area (Å²) in [6, 6.07) is 6.72. The van der Waals surface area contributed by atoms with Gasteiger partial charge in [0.1, 0.15) is 0 Å². The van der Waals surface area contributed by atoms with Crippen LogP contribution in [0.5, 0.6) is 0 Å². The number of carbonyl (C=O) groups excluding carboxylic acids is 2. The number of carboxylic acid groups (broad SMARTS) is 1. The normalized spacial score (nSPS) is 24.8. The van der Waals surface area contributed by atoms with E-state index in [-0.39, 0.29) is 65.3 Å². The first-order chi connectivity index (χ1) is 12.4. The van der Waals surface area contributed by atoms with Crippen molar-refractivity contribution in [3.8, 4) is 0 Å². The van der Waals surface area contributed by atoms with Gasteiger partial charge in [-0.3, -0.25) is 14.9 Å². The summed E-state index contributed by atoms with van der Waals surface area (Å²) < 4.78 is 12.5. The molecule has 2 aliphatic rings. The van der Waals surface area contributed by atoms with E-state index in [0.29, 0.717) is 44.3 Å². The third kappa shape index (κ3) is 6.64. The minimum absolute atomic E-state index is 0. The molecule has 142 valence electrons. The Morgan fingerprint density at radius 1 is 1.14 bits per heavy atom. The molecule has 11 heteroatoms. The van der Waals surface area contributed by atoms with E-state index in [9.17, 15) is 24.2 Å². The molecule has 0 bridgehead atoms. The molecule has 1 unspecified atom stereocenters. The first kappa shape index (κ1) is 26.3. The number of carbonyl (C=O) groups is 2. The first-order valence-corrected chi connectivity index (χ1v) is 10.6. The first-order valence-electron chi connectivity index (χ1n) is 8.78. The summed E-state index contributed by atoms with van der Waals surface area (Å²) in [7, 11) is -4.06. The predicted octanol–water partition coefficient (Wildman–Crippen LogP) is -6.54. The fraction of sp³-hybridized carbons (Fsp3) is 0.529. The number of nitrogens with one attached hydrogen (secondary N) is 1. The van der Waals surface area contributed by atoms with Crippen molar-refractivity contribution in [2.75, 3.05) is 13.1 Å². The summed E-state index contributed by atoms with van der Waals surface area (Å²) in [5.41, 5.74) is 0.631. The zero-order valence-corrected chi connectivity index (χ0v) is 21.3. The van der Waals surface area contributed by atoms with Gasteiger partial charge in [-0.2, -0.15) is 0 Å². The SMILES string of the molecule is O=C([O-])[C@@H]1CCCN2CCC[C@H](NP(=O)([O-])Cc3ccccc3)C(=O)N12.[Na+].[Na+]. The van der Waals surface area contributed by atoms with E-state index in [1.54, 1.807) is 35.3 Å². The van der Waals surface area contributed by atoms with Crippen LogP contribution in [0, 0.1) is 0 Å². The molecule has 2 saturated heterocycles. The second-order valence-corrected chi connectivity index (χ2v) is 8.68. The van der Waals surface area contributed by atoms with Crippen LogP contribution < -0.4 is 74.2 Å². The molecular weight excluding hydrogens is 403 g/mol. The van der Waals surface area contributed by atoms with Crippen molar-refractivity contribution < 1.29 is 83.3 Å². The van der Waals surface area contributed by atoms with E-state index in [0.717, 1.165) is 0 Å². The molecule has 1 aromatic carbocycles. The van der Waals surface area contributed by atoms with Gasteiger partial charge in [0.05, 0.1) is 25.6 Å². The number of aliphatic carboxylic acids is 1. The van der Waals surface area contributed by atoms with Gasteiger partial charge >= 0.3 is 59.1 Å². The van der Waals surface area contributed by atoms with Crippen molar-refractivity contribution in [3.05, 3.63) is 35.9 Å². The van der Waals surface area contributed by atoms with Crippen LogP contribution in [0.2, 0.25) is 0 Å². The van der Waals surface area contributed by atoms with Gasteiger partial charge in [-0.1, -0.05) is 30.3 Å². The maximum Gasteiger partial charge on any atom is 1.00 e. The van der Waals surface area contributed by atoms with E-state index < -0.39 is 31.5 Å². The molecule has 3 atom stereocenters. The standard InChI is InChI=1S/C17H24N3O5P.2Na/c21-16-14(18-26(24,25)12-13-6-2-1-3-7-13)8-4-10-19-11-5-9-15(17(22)23)20(16)19;;/h1-3,6-7,14-15H,4-5,8-12H2,(H,22,23)(H2,18,24,25);;/q;2*+1/p-2/t14-,15-;;/m0../s1. The van der Waals surface area contributed by atoms with Crippen molar-refractivity contribution in [2.45, 2.75) is 43.9 Å². The zero-order chi connectivity index (χ0) is 18.7. The summed E-state index contributed by atoms with van der Waals surface area (Å²) in [6.45, 7) is 1.11. The molecule has 0 radical (unpaired) electrons. The number of nitrogens with zero attached hydrogens (tertiary/aromatic N) is 2. The molecule has 8 nitrogen and oxygen atoms in total. The monoisotopic (exact) mass is 425 g/mol. The van der Waals surface area contributed by atoms with Gasteiger partial charge < -0.3 is 19.4 Å². The van der Waals surface area contributed by atoms with Crippen molar-refractivity contribution in [3.63, 3.8) is 0 Å². The van der Waals surface area contributed by atoms with Crippen LogP contribution in [0.3, 0.4) is 0 Å². The van der Waals surface area contributed by atoms with Gasteiger partial charge in [0.25, 0.3) is 5.91 Å². The molecule has 1 aromatic rings. The van der Waals surface area contributed by atoms with Gasteiger partial charge in [-0.05, 0) is 31.2 Å². The van der Waals surface area contributed by atoms with Crippen LogP contribution in [0.15, 0.2) is 30.3 Å². The Morgan fingerprint density at radius 2 is 1.75 bits per heavy atom. The van der Waals surface area contributed by atoms with Crippen LogP contribution in [0.4, 0.5) is 0 Å². The molecule has 1 amide bonds. The molecule has 0 saturated carbocycles. The Bertz CT molecular complexity index is 724. The van der Waals surface area contributed by atoms with E-state index in [1.165, 1.54) is 5.01 Å². The van der Waals surface area contributed by atoms with Crippen molar-refractivity contribution in [1.29, 1.82) is 0 Å². The van der Waals surface area contributed by atoms with E-state index >= 15 is 0 Å². The van der Waals surface area contributed by atoms with Crippen LogP contribution in [0.25, 0.3) is 0 Å². The molecule has 0 aliphatic carbocycles.